The molecule has 1 aliphatic heterocycles. The first-order chi connectivity index (χ1) is 16.9. The van der Waals surface area contributed by atoms with E-state index in [1.165, 1.54) is 12.1 Å². The van der Waals surface area contributed by atoms with Crippen LogP contribution in [0.25, 0.3) is 10.9 Å². The Kier molecular flexibility index (Phi) is 7.28. The summed E-state index contributed by atoms with van der Waals surface area (Å²) in [7, 11) is 0. The van der Waals surface area contributed by atoms with E-state index in [-0.39, 0.29) is 25.0 Å². The van der Waals surface area contributed by atoms with Crippen molar-refractivity contribution in [1.82, 2.24) is 9.88 Å². The van der Waals surface area contributed by atoms with E-state index in [1.807, 2.05) is 26.0 Å². The molecule has 4 rings (SSSR count). The SMILES string of the molecule is CCOC(=O)Oc1[nH]c2cc(C)cc(C)c2c1CN1CCC(O)(c2ccc(Cl)c(C(F)(F)F)c2)CC1. The maximum absolute atomic E-state index is 13.3. The van der Waals surface area contributed by atoms with Crippen LogP contribution < -0.4 is 4.74 Å². The van der Waals surface area contributed by atoms with Gasteiger partial charge in [-0.05, 0) is 68.5 Å². The van der Waals surface area contributed by atoms with Crippen LogP contribution in [0.5, 0.6) is 5.88 Å². The molecule has 1 fully saturated rings. The van der Waals surface area contributed by atoms with E-state index in [4.69, 9.17) is 21.1 Å². The predicted molar refractivity (Wildman–Crippen MR) is 130 cm³/mol. The fourth-order valence-corrected chi connectivity index (χ4v) is 5.10. The number of aryl methyl sites for hydroxylation is 2. The van der Waals surface area contributed by atoms with Crippen molar-refractivity contribution < 1.29 is 32.5 Å². The van der Waals surface area contributed by atoms with Crippen molar-refractivity contribution in [3.63, 3.8) is 0 Å². The zero-order chi connectivity index (χ0) is 26.3. The molecule has 1 saturated heterocycles. The van der Waals surface area contributed by atoms with Crippen LogP contribution in [0, 0.1) is 13.8 Å². The molecule has 194 valence electrons. The van der Waals surface area contributed by atoms with Crippen molar-refractivity contribution in [3.05, 3.63) is 63.2 Å². The minimum Gasteiger partial charge on any atom is -0.434 e. The molecule has 2 heterocycles. The van der Waals surface area contributed by atoms with Gasteiger partial charge in [0.05, 0.1) is 22.8 Å². The Morgan fingerprint density at radius 1 is 1.19 bits per heavy atom. The summed E-state index contributed by atoms with van der Waals surface area (Å²) in [6.45, 7) is 7.10. The first-order valence-corrected chi connectivity index (χ1v) is 12.1. The summed E-state index contributed by atoms with van der Waals surface area (Å²) in [5.74, 6) is 0.297. The lowest BCUT2D eigenvalue weighted by molar-refractivity contribution is -0.137. The number of hydrogen-bond acceptors (Lipinski definition) is 5. The number of ether oxygens (including phenoxy) is 2. The molecule has 0 bridgehead atoms. The lowest BCUT2D eigenvalue weighted by atomic mass is 9.83. The van der Waals surface area contributed by atoms with Crippen LogP contribution in [0.3, 0.4) is 0 Å². The molecule has 0 aliphatic carbocycles. The van der Waals surface area contributed by atoms with E-state index in [0.717, 1.165) is 33.7 Å². The predicted octanol–water partition coefficient (Wildman–Crippen LogP) is 6.48. The van der Waals surface area contributed by atoms with Crippen molar-refractivity contribution in [2.45, 2.75) is 51.9 Å². The Morgan fingerprint density at radius 2 is 1.89 bits per heavy atom. The summed E-state index contributed by atoms with van der Waals surface area (Å²) in [6, 6.07) is 7.58. The zero-order valence-corrected chi connectivity index (χ0v) is 21.0. The van der Waals surface area contributed by atoms with E-state index in [0.29, 0.717) is 25.5 Å². The van der Waals surface area contributed by atoms with Gasteiger partial charge in [-0.3, -0.25) is 4.90 Å². The number of nitrogens with zero attached hydrogens (tertiary/aromatic N) is 1. The average Bonchev–Trinajstić information content (AvgIpc) is 3.11. The van der Waals surface area contributed by atoms with Crippen LogP contribution in [0.1, 0.15) is 47.6 Å². The molecule has 0 spiro atoms. The minimum atomic E-state index is -4.61. The fraction of sp³-hybridized carbons (Fsp3) is 0.423. The number of benzene rings is 2. The third-order valence-corrected chi connectivity index (χ3v) is 6.96. The van der Waals surface area contributed by atoms with Crippen LogP contribution in [-0.4, -0.2) is 40.8 Å². The van der Waals surface area contributed by atoms with Gasteiger partial charge in [0, 0.05) is 36.1 Å². The number of carbonyl (C=O) groups is 1. The normalized spacial score (nSPS) is 16.3. The molecule has 36 heavy (non-hydrogen) atoms. The number of nitrogens with one attached hydrogen (secondary N) is 1. The number of aromatic amines is 1. The van der Waals surface area contributed by atoms with Crippen molar-refractivity contribution in [2.24, 2.45) is 0 Å². The largest absolute Gasteiger partial charge is 0.515 e. The van der Waals surface area contributed by atoms with E-state index in [2.05, 4.69) is 9.88 Å². The monoisotopic (exact) mass is 524 g/mol. The maximum atomic E-state index is 13.3. The first-order valence-electron chi connectivity index (χ1n) is 11.7. The van der Waals surface area contributed by atoms with Crippen LogP contribution in [-0.2, 0) is 23.1 Å². The van der Waals surface area contributed by atoms with Gasteiger partial charge in [0.15, 0.2) is 0 Å². The second-order valence-electron chi connectivity index (χ2n) is 9.22. The Labute approximate surface area is 211 Å². The highest BCUT2D eigenvalue weighted by molar-refractivity contribution is 6.31. The van der Waals surface area contributed by atoms with Gasteiger partial charge in [-0.15, -0.1) is 0 Å². The van der Waals surface area contributed by atoms with Gasteiger partial charge in [-0.25, -0.2) is 4.79 Å². The summed E-state index contributed by atoms with van der Waals surface area (Å²) in [5.41, 5.74) is 1.52. The number of hydrogen-bond donors (Lipinski definition) is 2. The molecule has 0 unspecified atom stereocenters. The van der Waals surface area contributed by atoms with Gasteiger partial charge in [-0.2, -0.15) is 13.2 Å². The van der Waals surface area contributed by atoms with Gasteiger partial charge in [-0.1, -0.05) is 23.7 Å². The topological polar surface area (TPSA) is 74.8 Å². The van der Waals surface area contributed by atoms with Crippen LogP contribution in [0.4, 0.5) is 18.0 Å². The second kappa shape index (κ2) is 9.95. The average molecular weight is 525 g/mol. The van der Waals surface area contributed by atoms with Crippen LogP contribution in [0.2, 0.25) is 5.02 Å². The number of fused-ring (bicyclic) bond motifs is 1. The number of carbonyl (C=O) groups excluding carboxylic acids is 1. The number of aromatic nitrogens is 1. The summed E-state index contributed by atoms with van der Waals surface area (Å²) in [4.78, 5) is 17.3. The lowest BCUT2D eigenvalue weighted by Crippen LogP contribution is -2.42. The van der Waals surface area contributed by atoms with E-state index < -0.39 is 28.5 Å². The smallest absolute Gasteiger partial charge is 0.434 e. The van der Waals surface area contributed by atoms with E-state index in [1.54, 1.807) is 6.92 Å². The van der Waals surface area contributed by atoms with Gasteiger partial charge in [0.25, 0.3) is 0 Å². The molecule has 1 aliphatic rings. The Morgan fingerprint density at radius 3 is 2.53 bits per heavy atom. The van der Waals surface area contributed by atoms with E-state index >= 15 is 0 Å². The number of H-pyrrole nitrogens is 1. The van der Waals surface area contributed by atoms with Crippen molar-refractivity contribution >= 4 is 28.7 Å². The number of likely N-dealkylation sites (tertiary alicyclic amines) is 1. The number of rotatable bonds is 5. The molecular weight excluding hydrogens is 497 g/mol. The quantitative estimate of drug-likeness (QED) is 0.374. The van der Waals surface area contributed by atoms with Crippen molar-refractivity contribution in [2.75, 3.05) is 19.7 Å². The molecule has 2 N–H and O–H groups in total. The van der Waals surface area contributed by atoms with Crippen LogP contribution in [0.15, 0.2) is 30.3 Å². The molecule has 6 nitrogen and oxygen atoms in total. The standard InChI is InChI=1S/C26H28ClF3N2O4/c1-4-35-24(33)36-23-18(22-16(3)11-15(2)12-21(22)31-23)14-32-9-7-25(34,8-10-32)17-5-6-20(27)19(13-17)26(28,29)30/h5-6,11-13,31,34H,4,7-10,14H2,1-3H3. The van der Waals surface area contributed by atoms with Gasteiger partial charge in [0.1, 0.15) is 0 Å². The van der Waals surface area contributed by atoms with Crippen molar-refractivity contribution in [1.29, 1.82) is 0 Å². The first kappa shape index (κ1) is 26.3. The Hall–Kier alpha value is -2.75. The molecule has 0 amide bonds. The molecule has 3 aromatic rings. The van der Waals surface area contributed by atoms with Crippen molar-refractivity contribution in [3.8, 4) is 5.88 Å². The number of halogens is 4. The molecule has 0 atom stereocenters. The highest BCUT2D eigenvalue weighted by Gasteiger charge is 2.38. The number of piperidine rings is 1. The Bertz CT molecular complexity index is 1280. The van der Waals surface area contributed by atoms with Crippen LogP contribution >= 0.6 is 11.6 Å². The van der Waals surface area contributed by atoms with Gasteiger partial charge >= 0.3 is 12.3 Å². The summed E-state index contributed by atoms with van der Waals surface area (Å²) >= 11 is 5.75. The third-order valence-electron chi connectivity index (χ3n) is 6.63. The second-order valence-corrected chi connectivity index (χ2v) is 9.63. The Balaban J connectivity index is 1.57. The molecule has 0 radical (unpaired) electrons. The number of aliphatic hydroxyl groups is 1. The molecular formula is C26H28ClF3N2O4. The fourth-order valence-electron chi connectivity index (χ4n) is 4.87. The van der Waals surface area contributed by atoms with Gasteiger partial charge in [0.2, 0.25) is 5.88 Å². The summed E-state index contributed by atoms with van der Waals surface area (Å²) < 4.78 is 50.4. The zero-order valence-electron chi connectivity index (χ0n) is 20.3. The summed E-state index contributed by atoms with van der Waals surface area (Å²) in [6.07, 6.45) is -4.94. The molecule has 10 heteroatoms. The lowest BCUT2D eigenvalue weighted by Gasteiger charge is -2.39. The molecule has 2 aromatic carbocycles. The summed E-state index contributed by atoms with van der Waals surface area (Å²) in [5, 5.41) is 11.8. The molecule has 1 aromatic heterocycles. The highest BCUT2D eigenvalue weighted by Crippen LogP contribution is 2.41. The third kappa shape index (κ3) is 5.33. The highest BCUT2D eigenvalue weighted by atomic mass is 35.5. The maximum Gasteiger partial charge on any atom is 0.515 e. The molecule has 0 saturated carbocycles. The van der Waals surface area contributed by atoms with Gasteiger partial charge < -0.3 is 19.6 Å². The van der Waals surface area contributed by atoms with E-state index in [9.17, 15) is 23.1 Å². The number of alkyl halides is 3. The minimum absolute atomic E-state index is 0.179.